The van der Waals surface area contributed by atoms with Gasteiger partial charge in [-0.2, -0.15) is 5.10 Å². The number of fused-ring (bicyclic) bond motifs is 1. The van der Waals surface area contributed by atoms with Crippen LogP contribution >= 0.6 is 0 Å². The normalized spacial score (nSPS) is 12.8. The van der Waals surface area contributed by atoms with E-state index in [4.69, 9.17) is 19.0 Å². The number of anilines is 1. The zero-order chi connectivity index (χ0) is 20.1. The number of carboxylic acids is 1. The van der Waals surface area contributed by atoms with Crippen molar-refractivity contribution in [2.45, 2.75) is 6.92 Å². The van der Waals surface area contributed by atoms with E-state index in [0.29, 0.717) is 34.5 Å². The summed E-state index contributed by atoms with van der Waals surface area (Å²) in [6.45, 7) is 1.64. The lowest BCUT2D eigenvalue weighted by Crippen LogP contribution is -2.19. The smallest absolute Gasteiger partial charge is 0.328 e. The predicted octanol–water partition coefficient (Wildman–Crippen LogP) is 1.74. The van der Waals surface area contributed by atoms with Crippen molar-refractivity contribution in [2.75, 3.05) is 12.1 Å². The minimum absolute atomic E-state index is 0.0243. The van der Waals surface area contributed by atoms with Gasteiger partial charge in [0.15, 0.2) is 17.3 Å². The monoisotopic (exact) mass is 385 g/mol. The zero-order valence-corrected chi connectivity index (χ0v) is 14.6. The Hall–Kier alpha value is -4.08. The summed E-state index contributed by atoms with van der Waals surface area (Å²) in [6.07, 6.45) is 2.95. The molecule has 0 aliphatic carbocycles. The van der Waals surface area contributed by atoms with E-state index in [1.165, 1.54) is 18.4 Å². The number of ether oxygens (including phenoxy) is 2. The maximum absolute atomic E-state index is 12.0. The van der Waals surface area contributed by atoms with E-state index in [2.05, 4.69) is 15.8 Å². The fourth-order valence-corrected chi connectivity index (χ4v) is 2.32. The third-order valence-corrected chi connectivity index (χ3v) is 3.61. The van der Waals surface area contributed by atoms with Crippen molar-refractivity contribution in [3.05, 3.63) is 54.0 Å². The maximum atomic E-state index is 12.0. The number of nitrogens with one attached hydrogen (secondary N) is 2. The largest absolute Gasteiger partial charge is 0.478 e. The van der Waals surface area contributed by atoms with Gasteiger partial charge in [0.25, 0.3) is 0 Å². The number of aliphatic carboxylic acids is 1. The molecule has 0 fully saturated rings. The van der Waals surface area contributed by atoms with E-state index in [-0.39, 0.29) is 12.6 Å². The first-order chi connectivity index (χ1) is 13.4. The Labute approximate surface area is 158 Å². The first-order valence-electron chi connectivity index (χ1n) is 7.98. The number of hydrogen-bond donors (Lipinski definition) is 3. The van der Waals surface area contributed by atoms with Gasteiger partial charge in [-0.05, 0) is 25.1 Å². The molecule has 0 radical (unpaired) electrons. The van der Waals surface area contributed by atoms with Gasteiger partial charge in [-0.1, -0.05) is 0 Å². The first kappa shape index (κ1) is 18.7. The summed E-state index contributed by atoms with van der Waals surface area (Å²) < 4.78 is 15.6. The van der Waals surface area contributed by atoms with Crippen LogP contribution in [0.15, 0.2) is 52.2 Å². The lowest BCUT2D eigenvalue weighted by Gasteiger charge is -2.11. The van der Waals surface area contributed by atoms with E-state index in [1.54, 1.807) is 19.1 Å². The van der Waals surface area contributed by atoms with Crippen LogP contribution in [0.5, 0.6) is 11.5 Å². The molecular formula is C18H15N3O7. The highest BCUT2D eigenvalue weighted by Gasteiger charge is 2.20. The Morgan fingerprint density at radius 1 is 1.18 bits per heavy atom. The minimum atomic E-state index is -1.25. The average Bonchev–Trinajstić information content (AvgIpc) is 3.34. The number of nitrogens with zero attached hydrogens (tertiary/aromatic N) is 1. The van der Waals surface area contributed by atoms with Crippen molar-refractivity contribution < 1.29 is 33.4 Å². The van der Waals surface area contributed by atoms with Crippen molar-refractivity contribution >= 4 is 29.2 Å². The predicted molar refractivity (Wildman–Crippen MR) is 96.4 cm³/mol. The van der Waals surface area contributed by atoms with Gasteiger partial charge >= 0.3 is 11.9 Å². The van der Waals surface area contributed by atoms with Gasteiger partial charge in [0, 0.05) is 23.8 Å². The second-order valence-electron chi connectivity index (χ2n) is 5.53. The molecule has 3 N–H and O–H groups in total. The minimum Gasteiger partial charge on any atom is -0.478 e. The van der Waals surface area contributed by atoms with Crippen LogP contribution in [0.3, 0.4) is 0 Å². The van der Waals surface area contributed by atoms with E-state index < -0.39 is 17.8 Å². The topological polar surface area (TPSA) is 139 Å². The second kappa shape index (κ2) is 8.08. The van der Waals surface area contributed by atoms with Crippen molar-refractivity contribution in [3.63, 3.8) is 0 Å². The van der Waals surface area contributed by atoms with E-state index in [0.717, 1.165) is 6.08 Å². The molecular weight excluding hydrogens is 370 g/mol. The highest BCUT2D eigenvalue weighted by atomic mass is 16.7. The van der Waals surface area contributed by atoms with E-state index in [1.807, 2.05) is 0 Å². The van der Waals surface area contributed by atoms with Gasteiger partial charge in [0.05, 0.1) is 17.7 Å². The SMILES string of the molecule is C/C(=N\NC(=O)c1ccco1)c1cc2c(cc1NC(=O)/C=C/C(=O)O)OCO2. The number of carbonyl (C=O) groups excluding carboxylic acids is 2. The Kier molecular flexibility index (Phi) is 5.40. The average molecular weight is 385 g/mol. The highest BCUT2D eigenvalue weighted by Crippen LogP contribution is 2.37. The fourth-order valence-electron chi connectivity index (χ4n) is 2.32. The summed E-state index contributed by atoms with van der Waals surface area (Å²) in [5, 5.41) is 15.2. The number of hydrazone groups is 1. The van der Waals surface area contributed by atoms with Crippen LogP contribution in [-0.2, 0) is 9.59 Å². The molecule has 144 valence electrons. The highest BCUT2D eigenvalue weighted by molar-refractivity contribution is 6.10. The lowest BCUT2D eigenvalue weighted by atomic mass is 10.1. The molecule has 0 unspecified atom stereocenters. The van der Waals surface area contributed by atoms with Gasteiger partial charge in [0.2, 0.25) is 12.7 Å². The Morgan fingerprint density at radius 3 is 2.61 bits per heavy atom. The zero-order valence-electron chi connectivity index (χ0n) is 14.6. The second-order valence-corrected chi connectivity index (χ2v) is 5.53. The number of amides is 2. The van der Waals surface area contributed by atoms with Gasteiger partial charge in [-0.3, -0.25) is 9.59 Å². The summed E-state index contributed by atoms with van der Waals surface area (Å²) in [6, 6.07) is 6.18. The van der Waals surface area contributed by atoms with Crippen LogP contribution in [0.2, 0.25) is 0 Å². The molecule has 0 saturated heterocycles. The molecule has 1 aliphatic heterocycles. The van der Waals surface area contributed by atoms with Crippen LogP contribution in [0.25, 0.3) is 0 Å². The van der Waals surface area contributed by atoms with Gasteiger partial charge in [0.1, 0.15) is 0 Å². The summed E-state index contributed by atoms with van der Waals surface area (Å²) in [7, 11) is 0. The molecule has 2 heterocycles. The molecule has 3 rings (SSSR count). The molecule has 28 heavy (non-hydrogen) atoms. The number of hydrogen-bond acceptors (Lipinski definition) is 7. The number of benzene rings is 1. The lowest BCUT2D eigenvalue weighted by molar-refractivity contribution is -0.131. The van der Waals surface area contributed by atoms with E-state index >= 15 is 0 Å². The fraction of sp³-hybridized carbons (Fsp3) is 0.111. The maximum Gasteiger partial charge on any atom is 0.328 e. The molecule has 2 aromatic rings. The number of carbonyl (C=O) groups is 3. The molecule has 10 nitrogen and oxygen atoms in total. The molecule has 1 aromatic carbocycles. The molecule has 2 amide bonds. The van der Waals surface area contributed by atoms with Crippen molar-refractivity contribution in [2.24, 2.45) is 5.10 Å². The molecule has 0 atom stereocenters. The van der Waals surface area contributed by atoms with Crippen molar-refractivity contribution in [3.8, 4) is 11.5 Å². The van der Waals surface area contributed by atoms with Crippen LogP contribution in [-0.4, -0.2) is 35.4 Å². The van der Waals surface area contributed by atoms with Crippen molar-refractivity contribution in [1.82, 2.24) is 5.43 Å². The Bertz CT molecular complexity index is 977. The summed E-state index contributed by atoms with van der Waals surface area (Å²) in [5.41, 5.74) is 3.46. The van der Waals surface area contributed by atoms with Gasteiger partial charge < -0.3 is 24.3 Å². The number of furan rings is 1. The quantitative estimate of drug-likeness (QED) is 0.391. The van der Waals surface area contributed by atoms with Gasteiger partial charge in [-0.15, -0.1) is 0 Å². The van der Waals surface area contributed by atoms with Crippen LogP contribution < -0.4 is 20.2 Å². The van der Waals surface area contributed by atoms with Crippen LogP contribution in [0, 0.1) is 0 Å². The molecule has 0 bridgehead atoms. The third-order valence-electron chi connectivity index (χ3n) is 3.61. The Morgan fingerprint density at radius 2 is 1.93 bits per heavy atom. The molecule has 0 spiro atoms. The van der Waals surface area contributed by atoms with Crippen LogP contribution in [0.4, 0.5) is 5.69 Å². The van der Waals surface area contributed by atoms with Crippen LogP contribution in [0.1, 0.15) is 23.0 Å². The molecule has 1 aromatic heterocycles. The summed E-state index contributed by atoms with van der Waals surface area (Å²) in [5.74, 6) is -1.50. The Balaban J connectivity index is 1.85. The number of rotatable bonds is 6. The van der Waals surface area contributed by atoms with Crippen molar-refractivity contribution in [1.29, 1.82) is 0 Å². The molecule has 1 aliphatic rings. The van der Waals surface area contributed by atoms with E-state index in [9.17, 15) is 14.4 Å². The summed E-state index contributed by atoms with van der Waals surface area (Å²) >= 11 is 0. The molecule has 0 saturated carbocycles. The molecule has 10 heteroatoms. The standard InChI is InChI=1S/C18H15N3O7/c1-10(20-21-18(25)13-3-2-6-26-13)11-7-14-15(28-9-27-14)8-12(11)19-16(22)4-5-17(23)24/h2-8H,9H2,1H3,(H,19,22)(H,21,25)(H,23,24)/b5-4+,20-10+. The number of carboxylic acid groups (broad SMARTS) is 1. The third kappa shape index (κ3) is 4.36. The first-order valence-corrected chi connectivity index (χ1v) is 7.98. The van der Waals surface area contributed by atoms with Gasteiger partial charge in [-0.25, -0.2) is 10.2 Å². The summed E-state index contributed by atoms with van der Waals surface area (Å²) in [4.78, 5) is 34.5.